The molecule has 0 bridgehead atoms. The molecule has 0 saturated carbocycles. The van der Waals surface area contributed by atoms with Crippen molar-refractivity contribution in [3.05, 3.63) is 23.5 Å². The van der Waals surface area contributed by atoms with E-state index in [0.717, 1.165) is 16.9 Å². The number of pyridine rings is 1. The number of aryl methyl sites for hydroxylation is 1. The lowest BCUT2D eigenvalue weighted by atomic mass is 10.2. The lowest BCUT2D eigenvalue weighted by Gasteiger charge is -2.02. The maximum absolute atomic E-state index is 5.62. The van der Waals surface area contributed by atoms with Crippen molar-refractivity contribution in [2.75, 3.05) is 5.73 Å². The van der Waals surface area contributed by atoms with Crippen LogP contribution in [0.1, 0.15) is 11.3 Å². The average molecular weight is 157 g/mol. The van der Waals surface area contributed by atoms with E-state index in [-0.39, 0.29) is 0 Å². The first-order chi connectivity index (χ1) is 4.75. The molecule has 10 heavy (non-hydrogen) atoms. The standard InChI is InChI=1S/C7H9ClN2/c1-5-6(4-8)7(9)2-3-10-5/h2-3H,4H2,1H3,(H2,9,10). The maximum atomic E-state index is 5.62. The Morgan fingerprint density at radius 2 is 2.40 bits per heavy atom. The summed E-state index contributed by atoms with van der Waals surface area (Å²) in [6, 6.07) is 1.75. The van der Waals surface area contributed by atoms with Gasteiger partial charge in [-0.25, -0.2) is 0 Å². The van der Waals surface area contributed by atoms with Crippen LogP contribution >= 0.6 is 11.6 Å². The molecule has 2 nitrogen and oxygen atoms in total. The number of nitrogens with zero attached hydrogens (tertiary/aromatic N) is 1. The second-order valence-electron chi connectivity index (χ2n) is 2.10. The fourth-order valence-corrected chi connectivity index (χ4v) is 1.14. The van der Waals surface area contributed by atoms with E-state index in [1.165, 1.54) is 0 Å². The zero-order chi connectivity index (χ0) is 7.56. The van der Waals surface area contributed by atoms with Gasteiger partial charge in [0.1, 0.15) is 0 Å². The van der Waals surface area contributed by atoms with E-state index < -0.39 is 0 Å². The third-order valence-corrected chi connectivity index (χ3v) is 1.71. The number of nitrogens with two attached hydrogens (primary N) is 1. The van der Waals surface area contributed by atoms with Gasteiger partial charge in [0.2, 0.25) is 0 Å². The molecule has 0 aliphatic rings. The average Bonchev–Trinajstić information content (AvgIpc) is 1.88. The van der Waals surface area contributed by atoms with Crippen LogP contribution < -0.4 is 5.73 Å². The number of aromatic nitrogens is 1. The minimum Gasteiger partial charge on any atom is -0.398 e. The summed E-state index contributed by atoms with van der Waals surface area (Å²) >= 11 is 5.62. The van der Waals surface area contributed by atoms with E-state index in [2.05, 4.69) is 4.98 Å². The lowest BCUT2D eigenvalue weighted by Crippen LogP contribution is -1.96. The molecular formula is C7H9ClN2. The predicted octanol–water partition coefficient (Wildman–Crippen LogP) is 1.71. The molecule has 0 unspecified atom stereocenters. The van der Waals surface area contributed by atoms with Gasteiger partial charge < -0.3 is 5.73 Å². The Kier molecular flexibility index (Phi) is 2.12. The molecule has 3 heteroatoms. The fourth-order valence-electron chi connectivity index (χ4n) is 0.791. The largest absolute Gasteiger partial charge is 0.398 e. The second kappa shape index (κ2) is 2.88. The fraction of sp³-hybridized carbons (Fsp3) is 0.286. The molecule has 1 rings (SSSR count). The first-order valence-electron chi connectivity index (χ1n) is 3.01. The van der Waals surface area contributed by atoms with Gasteiger partial charge in [0, 0.05) is 23.1 Å². The lowest BCUT2D eigenvalue weighted by molar-refractivity contribution is 1.14. The molecule has 0 aromatic carbocycles. The second-order valence-corrected chi connectivity index (χ2v) is 2.37. The minimum absolute atomic E-state index is 0.436. The molecule has 1 aromatic rings. The smallest absolute Gasteiger partial charge is 0.0512 e. The van der Waals surface area contributed by atoms with Crippen LogP contribution in [0, 0.1) is 6.92 Å². The summed E-state index contributed by atoms with van der Waals surface area (Å²) in [6.45, 7) is 1.90. The van der Waals surface area contributed by atoms with Crippen LogP contribution in [0.4, 0.5) is 5.69 Å². The van der Waals surface area contributed by atoms with Crippen molar-refractivity contribution in [1.82, 2.24) is 4.98 Å². The van der Waals surface area contributed by atoms with Gasteiger partial charge in [-0.2, -0.15) is 0 Å². The van der Waals surface area contributed by atoms with Crippen molar-refractivity contribution in [3.8, 4) is 0 Å². The number of anilines is 1. The molecule has 0 amide bonds. The highest BCUT2D eigenvalue weighted by Crippen LogP contribution is 2.15. The van der Waals surface area contributed by atoms with Gasteiger partial charge in [-0.05, 0) is 13.0 Å². The maximum Gasteiger partial charge on any atom is 0.0512 e. The van der Waals surface area contributed by atoms with Crippen LogP contribution in [-0.4, -0.2) is 4.98 Å². The highest BCUT2D eigenvalue weighted by molar-refractivity contribution is 6.17. The van der Waals surface area contributed by atoms with Crippen LogP contribution in [0.15, 0.2) is 12.3 Å². The summed E-state index contributed by atoms with van der Waals surface area (Å²) in [6.07, 6.45) is 1.68. The quantitative estimate of drug-likeness (QED) is 0.629. The van der Waals surface area contributed by atoms with Crippen LogP contribution in [0.2, 0.25) is 0 Å². The number of hydrogen-bond acceptors (Lipinski definition) is 2. The van der Waals surface area contributed by atoms with Gasteiger partial charge in [-0.15, -0.1) is 11.6 Å². The number of alkyl halides is 1. The Hall–Kier alpha value is -0.760. The molecule has 0 aliphatic heterocycles. The van der Waals surface area contributed by atoms with Gasteiger partial charge in [0.15, 0.2) is 0 Å². The molecular weight excluding hydrogens is 148 g/mol. The molecule has 0 radical (unpaired) electrons. The van der Waals surface area contributed by atoms with Gasteiger partial charge in [-0.3, -0.25) is 4.98 Å². The van der Waals surface area contributed by atoms with Gasteiger partial charge in [0.25, 0.3) is 0 Å². The Balaban J connectivity index is 3.17. The van der Waals surface area contributed by atoms with Crippen molar-refractivity contribution < 1.29 is 0 Å². The van der Waals surface area contributed by atoms with Crippen molar-refractivity contribution in [3.63, 3.8) is 0 Å². The SMILES string of the molecule is Cc1nccc(N)c1CCl. The van der Waals surface area contributed by atoms with Crippen LogP contribution in [0.3, 0.4) is 0 Å². The summed E-state index contributed by atoms with van der Waals surface area (Å²) < 4.78 is 0. The molecule has 0 aliphatic carbocycles. The van der Waals surface area contributed by atoms with Crippen molar-refractivity contribution in [2.45, 2.75) is 12.8 Å². The number of rotatable bonds is 1. The number of halogens is 1. The van der Waals surface area contributed by atoms with E-state index in [9.17, 15) is 0 Å². The van der Waals surface area contributed by atoms with E-state index in [0.29, 0.717) is 5.88 Å². The van der Waals surface area contributed by atoms with Gasteiger partial charge in [0.05, 0.1) is 5.88 Å². The topological polar surface area (TPSA) is 38.9 Å². The Labute approximate surface area is 65.0 Å². The summed E-state index contributed by atoms with van der Waals surface area (Å²) in [5.41, 5.74) is 8.18. The first kappa shape index (κ1) is 7.35. The first-order valence-corrected chi connectivity index (χ1v) is 3.55. The minimum atomic E-state index is 0.436. The van der Waals surface area contributed by atoms with Crippen LogP contribution in [0.5, 0.6) is 0 Å². The van der Waals surface area contributed by atoms with E-state index >= 15 is 0 Å². The monoisotopic (exact) mass is 156 g/mol. The Morgan fingerprint density at radius 3 is 2.80 bits per heavy atom. The summed E-state index contributed by atoms with van der Waals surface area (Å²) in [4.78, 5) is 4.05. The van der Waals surface area contributed by atoms with Crippen molar-refractivity contribution >= 4 is 17.3 Å². The zero-order valence-electron chi connectivity index (χ0n) is 5.76. The third kappa shape index (κ3) is 1.21. The van der Waals surface area contributed by atoms with E-state index in [1.807, 2.05) is 6.92 Å². The normalized spacial score (nSPS) is 9.80. The molecule has 0 fully saturated rings. The van der Waals surface area contributed by atoms with E-state index in [4.69, 9.17) is 17.3 Å². The Bertz CT molecular complexity index is 215. The summed E-state index contributed by atoms with van der Waals surface area (Å²) in [7, 11) is 0. The van der Waals surface area contributed by atoms with Crippen LogP contribution in [0.25, 0.3) is 0 Å². The molecule has 0 saturated heterocycles. The molecule has 2 N–H and O–H groups in total. The summed E-state index contributed by atoms with van der Waals surface area (Å²) in [5.74, 6) is 0.436. The van der Waals surface area contributed by atoms with Gasteiger partial charge in [-0.1, -0.05) is 0 Å². The predicted molar refractivity (Wildman–Crippen MR) is 42.9 cm³/mol. The number of nitrogen functional groups attached to an aromatic ring is 1. The number of hydrogen-bond donors (Lipinski definition) is 1. The molecule has 1 heterocycles. The molecule has 1 aromatic heterocycles. The Morgan fingerprint density at radius 1 is 1.70 bits per heavy atom. The van der Waals surface area contributed by atoms with Crippen molar-refractivity contribution in [1.29, 1.82) is 0 Å². The van der Waals surface area contributed by atoms with Crippen LogP contribution in [-0.2, 0) is 5.88 Å². The van der Waals surface area contributed by atoms with Gasteiger partial charge >= 0.3 is 0 Å². The molecule has 54 valence electrons. The van der Waals surface area contributed by atoms with Crippen molar-refractivity contribution in [2.24, 2.45) is 0 Å². The zero-order valence-corrected chi connectivity index (χ0v) is 6.52. The highest BCUT2D eigenvalue weighted by atomic mass is 35.5. The molecule has 0 atom stereocenters. The summed E-state index contributed by atoms with van der Waals surface area (Å²) in [5, 5.41) is 0. The third-order valence-electron chi connectivity index (χ3n) is 1.44. The van der Waals surface area contributed by atoms with E-state index in [1.54, 1.807) is 12.3 Å². The molecule has 0 spiro atoms. The highest BCUT2D eigenvalue weighted by Gasteiger charge is 2.00.